The van der Waals surface area contributed by atoms with Crippen molar-refractivity contribution < 1.29 is 4.79 Å². The fourth-order valence-corrected chi connectivity index (χ4v) is 0. The minimum Gasteiger partial charge on any atom is -0.287 e. The first-order valence-corrected chi connectivity index (χ1v) is 3.21. The molecule has 0 aliphatic carbocycles. The van der Waals surface area contributed by atoms with Gasteiger partial charge in [0.15, 0.2) is 0 Å². The van der Waals surface area contributed by atoms with Crippen LogP contribution in [-0.4, -0.2) is 9.12 Å². The Hall–Kier alpha value is 0.880. The highest BCUT2D eigenvalue weighted by Gasteiger charge is 1.82. The van der Waals surface area contributed by atoms with Gasteiger partial charge < -0.3 is 0 Å². The fraction of sp³-hybridized carbons (Fsp3) is 0.500. The fourth-order valence-electron chi connectivity index (χ4n) is 0. The Bertz CT molecular complexity index is 44.9. The van der Waals surface area contributed by atoms with Gasteiger partial charge in [0.2, 0.25) is 3.79 Å². The number of hydrogen-bond donors (Lipinski definition) is 0. The van der Waals surface area contributed by atoms with E-state index in [0.717, 1.165) is 0 Å². The molecule has 1 nitrogen and oxygen atoms in total. The summed E-state index contributed by atoms with van der Waals surface area (Å²) in [6, 6.07) is 0. The standard InChI is InChI=1S/C2H2BrIO/c3-1-2(4)5/h1H2. The second-order valence-corrected chi connectivity index (χ2v) is 2.25. The molecule has 0 spiro atoms. The monoisotopic (exact) mass is 248 g/mol. The Kier molecular flexibility index (Phi) is 3.63. The molecule has 0 fully saturated rings. The van der Waals surface area contributed by atoms with Crippen LogP contribution in [0.2, 0.25) is 0 Å². The molecule has 0 heterocycles. The molecule has 0 aromatic heterocycles. The van der Waals surface area contributed by atoms with Crippen molar-refractivity contribution >= 4 is 42.3 Å². The van der Waals surface area contributed by atoms with Gasteiger partial charge in [-0.25, -0.2) is 0 Å². The third-order valence-electron chi connectivity index (χ3n) is 0.105. The molecule has 0 amide bonds. The first kappa shape index (κ1) is 5.88. The summed E-state index contributed by atoms with van der Waals surface area (Å²) < 4.78 is 0.141. The molecule has 0 atom stereocenters. The molecule has 0 unspecified atom stereocenters. The maximum absolute atomic E-state index is 9.75. The normalized spacial score (nSPS) is 7.60. The van der Waals surface area contributed by atoms with E-state index in [4.69, 9.17) is 0 Å². The summed E-state index contributed by atoms with van der Waals surface area (Å²) in [7, 11) is 0. The van der Waals surface area contributed by atoms with Gasteiger partial charge in [-0.2, -0.15) is 0 Å². The van der Waals surface area contributed by atoms with Crippen LogP contribution in [0.3, 0.4) is 0 Å². The maximum atomic E-state index is 9.75. The van der Waals surface area contributed by atoms with E-state index in [9.17, 15) is 4.79 Å². The molecular weight excluding hydrogens is 247 g/mol. The van der Waals surface area contributed by atoms with Crippen LogP contribution in [0.5, 0.6) is 0 Å². The third-order valence-corrected chi connectivity index (χ3v) is 2.04. The summed E-state index contributed by atoms with van der Waals surface area (Å²) >= 11 is 4.68. The van der Waals surface area contributed by atoms with Crippen LogP contribution in [0.4, 0.5) is 0 Å². The number of rotatable bonds is 1. The first-order valence-electron chi connectivity index (χ1n) is 1.01. The molecule has 0 aromatic rings. The van der Waals surface area contributed by atoms with E-state index < -0.39 is 0 Å². The maximum Gasteiger partial charge on any atom is 0.202 e. The Balaban J connectivity index is 2.85. The van der Waals surface area contributed by atoms with E-state index in [1.807, 2.05) is 0 Å². The van der Waals surface area contributed by atoms with Gasteiger partial charge in [0.1, 0.15) is 0 Å². The summed E-state index contributed by atoms with van der Waals surface area (Å²) in [5, 5.41) is 0.466. The molecule has 5 heavy (non-hydrogen) atoms. The number of carbonyl (C=O) groups is 1. The third kappa shape index (κ3) is 4.88. The molecular formula is C2H2BrIO. The van der Waals surface area contributed by atoms with E-state index in [1.54, 1.807) is 22.6 Å². The zero-order chi connectivity index (χ0) is 4.28. The summed E-state index contributed by atoms with van der Waals surface area (Å²) in [5.41, 5.74) is 0. The largest absolute Gasteiger partial charge is 0.287 e. The second kappa shape index (κ2) is 3.08. The van der Waals surface area contributed by atoms with Crippen LogP contribution >= 0.6 is 38.5 Å². The topological polar surface area (TPSA) is 17.1 Å². The molecule has 0 bridgehead atoms. The van der Waals surface area contributed by atoms with Gasteiger partial charge >= 0.3 is 0 Å². The summed E-state index contributed by atoms with van der Waals surface area (Å²) in [4.78, 5) is 9.75. The predicted octanol–water partition coefficient (Wildman–Crippen LogP) is 1.34. The molecule has 0 saturated heterocycles. The zero-order valence-electron chi connectivity index (χ0n) is 2.37. The van der Waals surface area contributed by atoms with Gasteiger partial charge in [-0.3, -0.25) is 4.79 Å². The Morgan fingerprint density at radius 2 is 2.20 bits per heavy atom. The van der Waals surface area contributed by atoms with Gasteiger partial charge in [0, 0.05) is 22.6 Å². The van der Waals surface area contributed by atoms with Gasteiger partial charge in [-0.05, 0) is 0 Å². The average molecular weight is 249 g/mol. The molecule has 0 aliphatic heterocycles. The lowest BCUT2D eigenvalue weighted by atomic mass is 10.9. The smallest absolute Gasteiger partial charge is 0.202 e. The molecule has 3 heteroatoms. The minimum atomic E-state index is 0.141. The predicted molar refractivity (Wildman–Crippen MR) is 32.8 cm³/mol. The van der Waals surface area contributed by atoms with Crippen LogP contribution in [-0.2, 0) is 4.79 Å². The van der Waals surface area contributed by atoms with Gasteiger partial charge in [0.05, 0.1) is 5.33 Å². The van der Waals surface area contributed by atoms with Crippen LogP contribution < -0.4 is 0 Å². The van der Waals surface area contributed by atoms with Crippen LogP contribution in [0.1, 0.15) is 0 Å². The van der Waals surface area contributed by atoms with E-state index >= 15 is 0 Å². The van der Waals surface area contributed by atoms with Crippen molar-refractivity contribution in [3.63, 3.8) is 0 Å². The van der Waals surface area contributed by atoms with E-state index in [-0.39, 0.29) is 3.79 Å². The molecule has 0 saturated carbocycles. The molecule has 0 N–H and O–H groups in total. The van der Waals surface area contributed by atoms with Crippen LogP contribution in [0.15, 0.2) is 0 Å². The first-order chi connectivity index (χ1) is 2.27. The summed E-state index contributed by atoms with van der Waals surface area (Å²) in [6.45, 7) is 0. The van der Waals surface area contributed by atoms with Gasteiger partial charge in [-0.15, -0.1) is 0 Å². The van der Waals surface area contributed by atoms with Crippen molar-refractivity contribution in [1.82, 2.24) is 0 Å². The lowest BCUT2D eigenvalue weighted by Crippen LogP contribution is -1.79. The van der Waals surface area contributed by atoms with Gasteiger partial charge in [-0.1, -0.05) is 15.9 Å². The van der Waals surface area contributed by atoms with E-state index in [2.05, 4.69) is 15.9 Å². The van der Waals surface area contributed by atoms with E-state index in [1.165, 1.54) is 0 Å². The number of carbonyl (C=O) groups excluding carboxylic acids is 1. The highest BCUT2D eigenvalue weighted by Crippen LogP contribution is 1.88. The summed E-state index contributed by atoms with van der Waals surface area (Å²) in [6.07, 6.45) is 0. The number of halogens is 2. The lowest BCUT2D eigenvalue weighted by molar-refractivity contribution is -0.107. The van der Waals surface area contributed by atoms with Crippen molar-refractivity contribution in [1.29, 1.82) is 0 Å². The number of hydrogen-bond acceptors (Lipinski definition) is 1. The second-order valence-electron chi connectivity index (χ2n) is 0.489. The molecule has 0 radical (unpaired) electrons. The quantitative estimate of drug-likeness (QED) is 0.389. The molecule has 0 aromatic carbocycles. The van der Waals surface area contributed by atoms with Crippen molar-refractivity contribution in [2.24, 2.45) is 0 Å². The van der Waals surface area contributed by atoms with Gasteiger partial charge in [0.25, 0.3) is 0 Å². The molecule has 0 aliphatic rings. The average Bonchev–Trinajstić information content (AvgIpc) is 1.38. The van der Waals surface area contributed by atoms with Crippen LogP contribution in [0, 0.1) is 0 Å². The van der Waals surface area contributed by atoms with Crippen molar-refractivity contribution in [2.45, 2.75) is 0 Å². The van der Waals surface area contributed by atoms with E-state index in [0.29, 0.717) is 5.33 Å². The Morgan fingerprint density at radius 3 is 2.20 bits per heavy atom. The van der Waals surface area contributed by atoms with Crippen molar-refractivity contribution in [3.8, 4) is 0 Å². The van der Waals surface area contributed by atoms with Crippen molar-refractivity contribution in [3.05, 3.63) is 0 Å². The highest BCUT2D eigenvalue weighted by atomic mass is 127. The van der Waals surface area contributed by atoms with Crippen molar-refractivity contribution in [2.75, 3.05) is 5.33 Å². The molecule has 30 valence electrons. The Morgan fingerprint density at radius 1 is 2.00 bits per heavy atom. The zero-order valence-corrected chi connectivity index (χ0v) is 6.11. The molecule has 0 rings (SSSR count). The minimum absolute atomic E-state index is 0.141. The lowest BCUT2D eigenvalue weighted by Gasteiger charge is -1.66. The number of alkyl halides is 1. The van der Waals surface area contributed by atoms with Crippen LogP contribution in [0.25, 0.3) is 0 Å². The Labute approximate surface area is 52.4 Å². The summed E-state index contributed by atoms with van der Waals surface area (Å²) in [5.74, 6) is 0. The highest BCUT2D eigenvalue weighted by molar-refractivity contribution is 14.1. The SMILES string of the molecule is O=C(I)CBr.